The van der Waals surface area contributed by atoms with Gasteiger partial charge in [-0.1, -0.05) is 19.1 Å². The zero-order valence-electron chi connectivity index (χ0n) is 13.9. The number of nitrogens with one attached hydrogen (secondary N) is 1. The zero-order valence-corrected chi connectivity index (χ0v) is 13.9. The van der Waals surface area contributed by atoms with Crippen LogP contribution in [0.4, 0.5) is 5.69 Å². The fraction of sp³-hybridized carbons (Fsp3) is 0.250. The molecule has 2 N–H and O–H groups in total. The number of hydrogen-bond donors (Lipinski definition) is 2. The highest BCUT2D eigenvalue weighted by Gasteiger charge is 2.26. The van der Waals surface area contributed by atoms with Crippen molar-refractivity contribution < 1.29 is 14.6 Å². The van der Waals surface area contributed by atoms with Gasteiger partial charge in [0.25, 0.3) is 0 Å². The van der Waals surface area contributed by atoms with Crippen LogP contribution in [-0.2, 0) is 6.42 Å². The second-order valence-electron chi connectivity index (χ2n) is 5.91. The third kappa shape index (κ3) is 3.13. The maximum absolute atomic E-state index is 12.5. The lowest BCUT2D eigenvalue weighted by atomic mass is 10.1. The highest BCUT2D eigenvalue weighted by Crippen LogP contribution is 2.36. The van der Waals surface area contributed by atoms with E-state index in [1.165, 1.54) is 13.2 Å². The number of fused-ring (bicyclic) bond motifs is 1. The number of hydrogen-bond acceptors (Lipinski definition) is 4. The molecule has 3 rings (SSSR count). The molecule has 4 nitrogen and oxygen atoms in total. The first-order chi connectivity index (χ1) is 11.6. The van der Waals surface area contributed by atoms with Crippen LogP contribution in [-0.4, -0.2) is 24.5 Å². The summed E-state index contributed by atoms with van der Waals surface area (Å²) in [6, 6.07) is 11.3. The molecule has 0 spiro atoms. The summed E-state index contributed by atoms with van der Waals surface area (Å²) in [6.45, 7) is 3.07. The van der Waals surface area contributed by atoms with E-state index >= 15 is 0 Å². The molecule has 2 aromatic carbocycles. The quantitative estimate of drug-likeness (QED) is 0.815. The summed E-state index contributed by atoms with van der Waals surface area (Å²) in [7, 11) is 1.50. The molecule has 0 bridgehead atoms. The van der Waals surface area contributed by atoms with Gasteiger partial charge in [0.1, 0.15) is 0 Å². The summed E-state index contributed by atoms with van der Waals surface area (Å²) in [5.41, 5.74) is 4.24. The lowest BCUT2D eigenvalue weighted by Gasteiger charge is -2.05. The van der Waals surface area contributed by atoms with Gasteiger partial charge >= 0.3 is 0 Å². The smallest absolute Gasteiger partial charge is 0.189 e. The van der Waals surface area contributed by atoms with Crippen LogP contribution in [0.25, 0.3) is 6.08 Å². The summed E-state index contributed by atoms with van der Waals surface area (Å²) < 4.78 is 5.12. The number of allylic oxidation sites excluding steroid dienone is 1. The summed E-state index contributed by atoms with van der Waals surface area (Å²) in [4.78, 5) is 12.5. The Hall–Kier alpha value is -2.75. The predicted molar refractivity (Wildman–Crippen MR) is 95.9 cm³/mol. The Morgan fingerprint density at radius 2 is 2.00 bits per heavy atom. The van der Waals surface area contributed by atoms with Gasteiger partial charge in [-0.25, -0.2) is 0 Å². The lowest BCUT2D eigenvalue weighted by Crippen LogP contribution is -1.99. The Morgan fingerprint density at radius 3 is 2.67 bits per heavy atom. The Kier molecular flexibility index (Phi) is 4.56. The minimum atomic E-state index is -0.0314. The average molecular weight is 323 g/mol. The van der Waals surface area contributed by atoms with Gasteiger partial charge in [-0.3, -0.25) is 4.79 Å². The van der Waals surface area contributed by atoms with E-state index in [1.54, 1.807) is 6.07 Å². The Morgan fingerprint density at radius 1 is 1.25 bits per heavy atom. The Labute approximate surface area is 141 Å². The van der Waals surface area contributed by atoms with Gasteiger partial charge in [0.2, 0.25) is 0 Å². The number of aromatic hydroxyl groups is 1. The van der Waals surface area contributed by atoms with Gasteiger partial charge in [-0.2, -0.15) is 0 Å². The van der Waals surface area contributed by atoms with Gasteiger partial charge < -0.3 is 15.2 Å². The van der Waals surface area contributed by atoms with Gasteiger partial charge in [0.15, 0.2) is 17.3 Å². The third-order valence-corrected chi connectivity index (χ3v) is 4.15. The second-order valence-corrected chi connectivity index (χ2v) is 5.91. The molecule has 0 saturated carbocycles. The van der Waals surface area contributed by atoms with E-state index in [4.69, 9.17) is 4.74 Å². The van der Waals surface area contributed by atoms with Crippen LogP contribution in [0.3, 0.4) is 0 Å². The normalized spacial score (nSPS) is 14.8. The summed E-state index contributed by atoms with van der Waals surface area (Å²) in [5, 5.41) is 13.2. The van der Waals surface area contributed by atoms with Crippen molar-refractivity contribution in [1.29, 1.82) is 0 Å². The molecule has 1 aliphatic carbocycles. The molecule has 4 heteroatoms. The first-order valence-electron chi connectivity index (χ1n) is 8.11. The topological polar surface area (TPSA) is 58.6 Å². The number of anilines is 1. The minimum absolute atomic E-state index is 0.00259. The van der Waals surface area contributed by atoms with Crippen LogP contribution < -0.4 is 10.1 Å². The van der Waals surface area contributed by atoms with Crippen LogP contribution in [0.15, 0.2) is 42.0 Å². The van der Waals surface area contributed by atoms with E-state index in [0.717, 1.165) is 35.4 Å². The van der Waals surface area contributed by atoms with Crippen molar-refractivity contribution in [1.82, 2.24) is 0 Å². The number of benzene rings is 2. The van der Waals surface area contributed by atoms with Crippen molar-refractivity contribution in [3.8, 4) is 11.5 Å². The zero-order chi connectivity index (χ0) is 17.1. The number of ether oxygens (including phenoxy) is 1. The van der Waals surface area contributed by atoms with Crippen LogP contribution >= 0.6 is 0 Å². The maximum Gasteiger partial charge on any atom is 0.189 e. The van der Waals surface area contributed by atoms with Crippen LogP contribution in [0.5, 0.6) is 11.5 Å². The molecule has 0 fully saturated rings. The van der Waals surface area contributed by atoms with Gasteiger partial charge in [0, 0.05) is 29.8 Å². The molecule has 0 aliphatic heterocycles. The molecule has 0 amide bonds. The molecule has 0 aromatic heterocycles. The maximum atomic E-state index is 12.5. The number of ketones is 1. The summed E-state index contributed by atoms with van der Waals surface area (Å²) >= 11 is 0. The molecule has 0 heterocycles. The average Bonchev–Trinajstić information content (AvgIpc) is 2.89. The summed E-state index contributed by atoms with van der Waals surface area (Å²) in [6.07, 6.45) is 3.55. The number of Topliss-reactive ketones (excluding diaryl/α,β-unsaturated/α-hetero) is 1. The van der Waals surface area contributed by atoms with Crippen LogP contribution in [0, 0.1) is 0 Å². The molecule has 2 aromatic rings. The highest BCUT2D eigenvalue weighted by atomic mass is 16.5. The van der Waals surface area contributed by atoms with Crippen molar-refractivity contribution in [2.24, 2.45) is 0 Å². The number of phenolic OH excluding ortho intramolecular Hbond substituents is 1. The molecule has 24 heavy (non-hydrogen) atoms. The van der Waals surface area contributed by atoms with Crippen LogP contribution in [0.2, 0.25) is 0 Å². The number of phenols is 1. The van der Waals surface area contributed by atoms with E-state index < -0.39 is 0 Å². The largest absolute Gasteiger partial charge is 0.504 e. The highest BCUT2D eigenvalue weighted by molar-refractivity contribution is 6.15. The van der Waals surface area contributed by atoms with Crippen molar-refractivity contribution in [2.75, 3.05) is 19.0 Å². The van der Waals surface area contributed by atoms with Crippen LogP contribution in [0.1, 0.15) is 34.8 Å². The molecule has 124 valence electrons. The number of rotatable bonds is 5. The van der Waals surface area contributed by atoms with Crippen molar-refractivity contribution >= 4 is 17.5 Å². The van der Waals surface area contributed by atoms with E-state index in [2.05, 4.69) is 12.2 Å². The number of carbonyl (C=O) groups is 1. The third-order valence-electron chi connectivity index (χ3n) is 4.15. The van der Waals surface area contributed by atoms with Gasteiger partial charge in [-0.15, -0.1) is 0 Å². The molecular weight excluding hydrogens is 302 g/mol. The van der Waals surface area contributed by atoms with Gasteiger partial charge in [0.05, 0.1) is 7.11 Å². The molecule has 0 unspecified atom stereocenters. The minimum Gasteiger partial charge on any atom is -0.504 e. The first kappa shape index (κ1) is 16.1. The fourth-order valence-electron chi connectivity index (χ4n) is 2.87. The van der Waals surface area contributed by atoms with E-state index in [9.17, 15) is 9.90 Å². The standard InChI is InChI=1S/C20H21NO3/c1-3-8-21-16-6-4-13(5-7-16)9-15-10-14-11-19(24-2)18(22)12-17(14)20(15)23/h4-7,9,11-12,21-22H,3,8,10H2,1-2H3/b15-9+. The molecule has 0 saturated heterocycles. The first-order valence-corrected chi connectivity index (χ1v) is 8.11. The van der Waals surface area contributed by atoms with E-state index in [0.29, 0.717) is 17.7 Å². The fourth-order valence-corrected chi connectivity index (χ4v) is 2.87. The second kappa shape index (κ2) is 6.79. The summed E-state index contributed by atoms with van der Waals surface area (Å²) in [5.74, 6) is 0.363. The Balaban J connectivity index is 1.83. The SMILES string of the molecule is CCCNc1ccc(/C=C2\Cc3cc(OC)c(O)cc3C2=O)cc1. The van der Waals surface area contributed by atoms with E-state index in [-0.39, 0.29) is 11.5 Å². The molecule has 1 aliphatic rings. The molecule has 0 atom stereocenters. The molecular formula is C20H21NO3. The monoisotopic (exact) mass is 323 g/mol. The predicted octanol–water partition coefficient (Wildman–Crippen LogP) is 4.05. The Bertz CT molecular complexity index is 791. The number of methoxy groups -OCH3 is 1. The van der Waals surface area contributed by atoms with E-state index in [1.807, 2.05) is 30.3 Å². The van der Waals surface area contributed by atoms with Crippen molar-refractivity contribution in [3.63, 3.8) is 0 Å². The van der Waals surface area contributed by atoms with Crippen molar-refractivity contribution in [3.05, 3.63) is 58.7 Å². The van der Waals surface area contributed by atoms with Crippen molar-refractivity contribution in [2.45, 2.75) is 19.8 Å². The molecule has 0 radical (unpaired) electrons. The van der Waals surface area contributed by atoms with Gasteiger partial charge in [-0.05, 0) is 47.9 Å². The lowest BCUT2D eigenvalue weighted by molar-refractivity contribution is 0.104. The number of carbonyl (C=O) groups excluding carboxylic acids is 1.